The summed E-state index contributed by atoms with van der Waals surface area (Å²) in [5.41, 5.74) is 0.248. The third-order valence-electron chi connectivity index (χ3n) is 3.01. The topological polar surface area (TPSA) is 44.4 Å². The monoisotopic (exact) mass is 213 g/mol. The first-order chi connectivity index (χ1) is 6.93. The number of nitrogens with one attached hydrogen (secondary N) is 2. The Morgan fingerprint density at radius 3 is 2.20 bits per heavy atom. The quantitative estimate of drug-likeness (QED) is 0.687. The number of likely N-dealkylation sites (tertiary alicyclic amines) is 1. The van der Waals surface area contributed by atoms with Gasteiger partial charge in [-0.1, -0.05) is 0 Å². The van der Waals surface area contributed by atoms with Crippen molar-refractivity contribution in [2.24, 2.45) is 0 Å². The average molecular weight is 213 g/mol. The van der Waals surface area contributed by atoms with E-state index in [1.54, 1.807) is 7.05 Å². The highest BCUT2D eigenvalue weighted by Gasteiger charge is 2.27. The summed E-state index contributed by atoms with van der Waals surface area (Å²) in [6, 6.07) is 0.271. The van der Waals surface area contributed by atoms with Crippen molar-refractivity contribution >= 4 is 6.03 Å². The standard InChI is InChI=1S/C11H23N3O/c1-11(2,3)14-7-5-9(6-8-14)13-10(15)12-4/h9H,5-8H2,1-4H3,(H2,12,13,15). The highest BCUT2D eigenvalue weighted by atomic mass is 16.2. The van der Waals surface area contributed by atoms with Gasteiger partial charge in [0.05, 0.1) is 0 Å². The van der Waals surface area contributed by atoms with E-state index < -0.39 is 0 Å². The van der Waals surface area contributed by atoms with Crippen LogP contribution in [-0.4, -0.2) is 42.6 Å². The number of urea groups is 1. The second-order valence-electron chi connectivity index (χ2n) is 5.16. The molecule has 1 heterocycles. The minimum absolute atomic E-state index is 0.0655. The van der Waals surface area contributed by atoms with Gasteiger partial charge in [-0.2, -0.15) is 0 Å². The molecule has 0 unspecified atom stereocenters. The van der Waals surface area contributed by atoms with E-state index in [1.165, 1.54) is 0 Å². The van der Waals surface area contributed by atoms with Gasteiger partial charge in [-0.15, -0.1) is 0 Å². The number of hydrogen-bond acceptors (Lipinski definition) is 2. The molecule has 1 aliphatic rings. The van der Waals surface area contributed by atoms with Crippen molar-refractivity contribution in [2.45, 2.75) is 45.2 Å². The third kappa shape index (κ3) is 3.70. The summed E-state index contributed by atoms with van der Waals surface area (Å²) in [5, 5.41) is 5.55. The molecule has 0 aromatic rings. The van der Waals surface area contributed by atoms with Crippen LogP contribution in [-0.2, 0) is 0 Å². The fourth-order valence-corrected chi connectivity index (χ4v) is 1.95. The van der Waals surface area contributed by atoms with Crippen LogP contribution >= 0.6 is 0 Å². The Morgan fingerprint density at radius 1 is 1.27 bits per heavy atom. The SMILES string of the molecule is CNC(=O)NC1CCN(C(C)(C)C)CC1. The number of carbonyl (C=O) groups excluding carboxylic acids is 1. The molecule has 0 spiro atoms. The second-order valence-corrected chi connectivity index (χ2v) is 5.16. The van der Waals surface area contributed by atoms with Gasteiger partial charge >= 0.3 is 6.03 Å². The lowest BCUT2D eigenvalue weighted by atomic mass is 9.98. The molecule has 1 fully saturated rings. The van der Waals surface area contributed by atoms with Crippen LogP contribution in [0.3, 0.4) is 0 Å². The predicted molar refractivity (Wildman–Crippen MR) is 61.9 cm³/mol. The van der Waals surface area contributed by atoms with Crippen molar-refractivity contribution in [1.82, 2.24) is 15.5 Å². The largest absolute Gasteiger partial charge is 0.341 e. The molecule has 4 nitrogen and oxygen atoms in total. The van der Waals surface area contributed by atoms with E-state index in [-0.39, 0.29) is 11.6 Å². The summed E-state index contributed by atoms with van der Waals surface area (Å²) in [5.74, 6) is 0. The number of nitrogens with zero attached hydrogens (tertiary/aromatic N) is 1. The molecule has 1 saturated heterocycles. The van der Waals surface area contributed by atoms with E-state index in [1.807, 2.05) is 0 Å². The number of carbonyl (C=O) groups is 1. The van der Waals surface area contributed by atoms with Crippen LogP contribution in [0.2, 0.25) is 0 Å². The molecule has 2 N–H and O–H groups in total. The molecule has 0 radical (unpaired) electrons. The summed E-state index contributed by atoms with van der Waals surface area (Å²) < 4.78 is 0. The first kappa shape index (κ1) is 12.3. The van der Waals surface area contributed by atoms with Gasteiger partial charge in [0.25, 0.3) is 0 Å². The van der Waals surface area contributed by atoms with Gasteiger partial charge in [0.2, 0.25) is 0 Å². The molecular weight excluding hydrogens is 190 g/mol. The summed E-state index contributed by atoms with van der Waals surface area (Å²) in [7, 11) is 1.65. The average Bonchev–Trinajstić information content (AvgIpc) is 2.17. The van der Waals surface area contributed by atoms with Crippen molar-refractivity contribution in [3.05, 3.63) is 0 Å². The Bertz CT molecular complexity index is 214. The van der Waals surface area contributed by atoms with E-state index in [0.717, 1.165) is 25.9 Å². The molecule has 2 amide bonds. The van der Waals surface area contributed by atoms with Crippen molar-refractivity contribution in [3.8, 4) is 0 Å². The highest BCUT2D eigenvalue weighted by molar-refractivity contribution is 5.73. The molecule has 88 valence electrons. The predicted octanol–water partition coefficient (Wildman–Crippen LogP) is 1.18. The van der Waals surface area contributed by atoms with Crippen molar-refractivity contribution in [1.29, 1.82) is 0 Å². The molecule has 0 aromatic carbocycles. The lowest BCUT2D eigenvalue weighted by molar-refractivity contribution is 0.0979. The third-order valence-corrected chi connectivity index (χ3v) is 3.01. The Balaban J connectivity index is 2.33. The van der Waals surface area contributed by atoms with Gasteiger partial charge < -0.3 is 10.6 Å². The maximum Gasteiger partial charge on any atom is 0.314 e. The highest BCUT2D eigenvalue weighted by Crippen LogP contribution is 2.19. The molecule has 0 aromatic heterocycles. The Labute approximate surface area is 92.4 Å². The fourth-order valence-electron chi connectivity index (χ4n) is 1.95. The van der Waals surface area contributed by atoms with Gasteiger partial charge in [0.15, 0.2) is 0 Å². The van der Waals surface area contributed by atoms with E-state index in [4.69, 9.17) is 0 Å². The van der Waals surface area contributed by atoms with Crippen LogP contribution in [0.25, 0.3) is 0 Å². The lowest BCUT2D eigenvalue weighted by Crippen LogP contribution is -2.51. The maximum atomic E-state index is 11.1. The van der Waals surface area contributed by atoms with E-state index >= 15 is 0 Å². The first-order valence-corrected chi connectivity index (χ1v) is 5.67. The maximum absolute atomic E-state index is 11.1. The molecule has 1 aliphatic heterocycles. The molecule has 0 aliphatic carbocycles. The molecular formula is C11H23N3O. The zero-order valence-electron chi connectivity index (χ0n) is 10.3. The van der Waals surface area contributed by atoms with Gasteiger partial charge in [0, 0.05) is 31.7 Å². The van der Waals surface area contributed by atoms with Gasteiger partial charge in [0.1, 0.15) is 0 Å². The smallest absolute Gasteiger partial charge is 0.314 e. The van der Waals surface area contributed by atoms with E-state index in [0.29, 0.717) is 6.04 Å². The molecule has 0 atom stereocenters. The van der Waals surface area contributed by atoms with Crippen LogP contribution < -0.4 is 10.6 Å². The van der Waals surface area contributed by atoms with Crippen molar-refractivity contribution in [3.63, 3.8) is 0 Å². The summed E-state index contributed by atoms with van der Waals surface area (Å²) in [6.45, 7) is 8.84. The van der Waals surface area contributed by atoms with Gasteiger partial charge in [-0.3, -0.25) is 4.90 Å². The minimum Gasteiger partial charge on any atom is -0.341 e. The van der Waals surface area contributed by atoms with Crippen LogP contribution in [0.15, 0.2) is 0 Å². The summed E-state index contributed by atoms with van der Waals surface area (Å²) in [4.78, 5) is 13.6. The van der Waals surface area contributed by atoms with E-state index in [2.05, 4.69) is 36.3 Å². The molecule has 4 heteroatoms. The van der Waals surface area contributed by atoms with Crippen molar-refractivity contribution in [2.75, 3.05) is 20.1 Å². The van der Waals surface area contributed by atoms with Gasteiger partial charge in [-0.25, -0.2) is 4.79 Å². The lowest BCUT2D eigenvalue weighted by Gasteiger charge is -2.40. The number of amides is 2. The van der Waals surface area contributed by atoms with Crippen molar-refractivity contribution < 1.29 is 4.79 Å². The minimum atomic E-state index is -0.0655. The van der Waals surface area contributed by atoms with Crippen LogP contribution in [0.4, 0.5) is 4.79 Å². The normalized spacial score (nSPS) is 20.0. The number of hydrogen-bond donors (Lipinski definition) is 2. The number of rotatable bonds is 1. The Hall–Kier alpha value is -0.770. The molecule has 1 rings (SSSR count). The Morgan fingerprint density at radius 2 is 1.80 bits per heavy atom. The second kappa shape index (κ2) is 4.84. The summed E-state index contributed by atoms with van der Waals surface area (Å²) >= 11 is 0. The van der Waals surface area contributed by atoms with E-state index in [9.17, 15) is 4.79 Å². The first-order valence-electron chi connectivity index (χ1n) is 5.67. The Kier molecular flexibility index (Phi) is 3.97. The summed E-state index contributed by atoms with van der Waals surface area (Å²) in [6.07, 6.45) is 2.09. The molecule has 0 saturated carbocycles. The zero-order chi connectivity index (χ0) is 11.5. The molecule has 0 bridgehead atoms. The van der Waals surface area contributed by atoms with Crippen LogP contribution in [0.1, 0.15) is 33.6 Å². The fraction of sp³-hybridized carbons (Fsp3) is 0.909. The molecule has 15 heavy (non-hydrogen) atoms. The van der Waals surface area contributed by atoms with Crippen LogP contribution in [0, 0.1) is 0 Å². The van der Waals surface area contributed by atoms with Crippen LogP contribution in [0.5, 0.6) is 0 Å². The number of piperidine rings is 1. The zero-order valence-corrected chi connectivity index (χ0v) is 10.3. The van der Waals surface area contributed by atoms with Gasteiger partial charge in [-0.05, 0) is 33.6 Å².